The minimum absolute atomic E-state index is 0.0530. The highest BCUT2D eigenvalue weighted by atomic mass is 35.5. The van der Waals surface area contributed by atoms with Gasteiger partial charge in [0.1, 0.15) is 0 Å². The zero-order valence-corrected chi connectivity index (χ0v) is 14.5. The van der Waals surface area contributed by atoms with Crippen LogP contribution < -0.4 is 9.64 Å². The zero-order valence-electron chi connectivity index (χ0n) is 13.0. The van der Waals surface area contributed by atoms with Crippen LogP contribution >= 0.6 is 23.4 Å². The number of carbonyl (C=O) groups is 1. The molecule has 0 N–H and O–H groups in total. The lowest BCUT2D eigenvalue weighted by molar-refractivity contribution is 0.0987. The molecule has 1 aliphatic heterocycles. The van der Waals surface area contributed by atoms with Gasteiger partial charge in [0.15, 0.2) is 0 Å². The molecule has 3 rings (SSSR count). The van der Waals surface area contributed by atoms with E-state index in [-0.39, 0.29) is 12.0 Å². The molecule has 23 heavy (non-hydrogen) atoms. The lowest BCUT2D eigenvalue weighted by atomic mass is 10.2. The second-order valence-electron chi connectivity index (χ2n) is 5.47. The number of halogens is 1. The van der Waals surface area contributed by atoms with Gasteiger partial charge in [0.25, 0.3) is 5.91 Å². The Balaban J connectivity index is 1.85. The molecule has 1 aromatic carbocycles. The molecule has 2 aromatic rings. The highest BCUT2D eigenvalue weighted by Crippen LogP contribution is 2.37. The average molecular weight is 349 g/mol. The van der Waals surface area contributed by atoms with Crippen molar-refractivity contribution in [2.24, 2.45) is 0 Å². The molecule has 0 radical (unpaired) electrons. The lowest BCUT2D eigenvalue weighted by Crippen LogP contribution is -2.35. The Morgan fingerprint density at radius 3 is 2.87 bits per heavy atom. The molecule has 0 bridgehead atoms. The first-order valence-electron chi connectivity index (χ1n) is 7.41. The van der Waals surface area contributed by atoms with E-state index in [2.05, 4.69) is 4.98 Å². The number of ether oxygens (including phenoxy) is 1. The predicted octanol–water partition coefficient (Wildman–Crippen LogP) is 4.27. The smallest absolute Gasteiger partial charge is 0.259 e. The van der Waals surface area contributed by atoms with Crippen LogP contribution in [-0.4, -0.2) is 29.3 Å². The minimum atomic E-state index is -0.0718. The molecule has 0 spiro atoms. The van der Waals surface area contributed by atoms with Crippen LogP contribution in [0.2, 0.25) is 5.02 Å². The summed E-state index contributed by atoms with van der Waals surface area (Å²) in [6.07, 6.45) is 1.61. The van der Waals surface area contributed by atoms with E-state index >= 15 is 0 Å². The number of benzene rings is 1. The number of carbonyl (C=O) groups excluding carboxylic acids is 1. The monoisotopic (exact) mass is 348 g/mol. The van der Waals surface area contributed by atoms with Crippen molar-refractivity contribution in [1.82, 2.24) is 4.98 Å². The first-order valence-corrected chi connectivity index (χ1v) is 8.78. The topological polar surface area (TPSA) is 42.4 Å². The van der Waals surface area contributed by atoms with E-state index in [1.54, 1.807) is 35.0 Å². The summed E-state index contributed by atoms with van der Waals surface area (Å²) >= 11 is 7.82. The first kappa shape index (κ1) is 16.1. The Morgan fingerprint density at radius 2 is 2.17 bits per heavy atom. The van der Waals surface area contributed by atoms with Crippen LogP contribution in [0.5, 0.6) is 5.88 Å². The maximum Gasteiger partial charge on any atom is 0.259 e. The van der Waals surface area contributed by atoms with Gasteiger partial charge in [0.05, 0.1) is 17.4 Å². The van der Waals surface area contributed by atoms with Crippen LogP contribution in [-0.2, 0) is 0 Å². The summed E-state index contributed by atoms with van der Waals surface area (Å²) in [5, 5.41) is 0.628. The molecule has 0 unspecified atom stereocenters. The lowest BCUT2D eigenvalue weighted by Gasteiger charge is -2.29. The number of nitrogens with zero attached hydrogens (tertiary/aromatic N) is 2. The van der Waals surface area contributed by atoms with E-state index in [1.165, 1.54) is 0 Å². The summed E-state index contributed by atoms with van der Waals surface area (Å²) < 4.78 is 5.51. The second kappa shape index (κ2) is 6.81. The van der Waals surface area contributed by atoms with Gasteiger partial charge in [-0.1, -0.05) is 11.6 Å². The standard InChI is InChI=1S/C17H17ClN2O2S/c1-11(2)22-16-6-3-12(10-19-16)17(21)20-7-8-23-15-5-4-13(18)9-14(15)20/h3-6,9-11H,7-8H2,1-2H3. The third kappa shape index (κ3) is 3.62. The van der Waals surface area contributed by atoms with Crippen LogP contribution in [0.25, 0.3) is 0 Å². The summed E-state index contributed by atoms with van der Waals surface area (Å²) in [5.41, 5.74) is 1.40. The Labute approximate surface area is 144 Å². The van der Waals surface area contributed by atoms with Crippen molar-refractivity contribution in [3.8, 4) is 5.88 Å². The highest BCUT2D eigenvalue weighted by molar-refractivity contribution is 7.99. The van der Waals surface area contributed by atoms with Crippen molar-refractivity contribution >= 4 is 35.0 Å². The van der Waals surface area contributed by atoms with E-state index in [9.17, 15) is 4.79 Å². The predicted molar refractivity (Wildman–Crippen MR) is 93.9 cm³/mol. The average Bonchev–Trinajstić information content (AvgIpc) is 2.54. The van der Waals surface area contributed by atoms with Gasteiger partial charge < -0.3 is 9.64 Å². The fourth-order valence-electron chi connectivity index (χ4n) is 2.38. The van der Waals surface area contributed by atoms with Crippen LogP contribution in [0.4, 0.5) is 5.69 Å². The van der Waals surface area contributed by atoms with Crippen molar-refractivity contribution in [2.45, 2.75) is 24.8 Å². The Morgan fingerprint density at radius 1 is 1.35 bits per heavy atom. The molecule has 6 heteroatoms. The first-order chi connectivity index (χ1) is 11.0. The fraction of sp³-hybridized carbons (Fsp3) is 0.294. The Hall–Kier alpha value is -1.72. The number of amides is 1. The number of thioether (sulfide) groups is 1. The van der Waals surface area contributed by atoms with E-state index in [0.29, 0.717) is 23.0 Å². The SMILES string of the molecule is CC(C)Oc1ccc(C(=O)N2CCSc3ccc(Cl)cc32)cn1. The van der Waals surface area contributed by atoms with Crippen LogP contribution in [0.3, 0.4) is 0 Å². The number of rotatable bonds is 3. The molecule has 0 saturated carbocycles. The molecule has 0 saturated heterocycles. The molecule has 1 aromatic heterocycles. The normalized spacial score (nSPS) is 13.8. The summed E-state index contributed by atoms with van der Waals surface area (Å²) in [5.74, 6) is 1.31. The largest absolute Gasteiger partial charge is 0.475 e. The maximum atomic E-state index is 12.8. The van der Waals surface area contributed by atoms with Gasteiger partial charge in [-0.3, -0.25) is 4.79 Å². The van der Waals surface area contributed by atoms with E-state index < -0.39 is 0 Å². The number of pyridine rings is 1. The molecule has 120 valence electrons. The third-order valence-electron chi connectivity index (χ3n) is 3.37. The van der Waals surface area contributed by atoms with Gasteiger partial charge in [-0.05, 0) is 38.1 Å². The summed E-state index contributed by atoms with van der Waals surface area (Å²) in [6.45, 7) is 4.53. The van der Waals surface area contributed by atoms with Gasteiger partial charge in [-0.25, -0.2) is 4.98 Å². The molecular formula is C17H17ClN2O2S. The van der Waals surface area contributed by atoms with Gasteiger partial charge in [-0.15, -0.1) is 11.8 Å². The van der Waals surface area contributed by atoms with Gasteiger partial charge in [-0.2, -0.15) is 0 Å². The van der Waals surface area contributed by atoms with E-state index in [4.69, 9.17) is 16.3 Å². The molecule has 0 atom stereocenters. The van der Waals surface area contributed by atoms with Crippen LogP contribution in [0, 0.1) is 0 Å². The van der Waals surface area contributed by atoms with Gasteiger partial charge >= 0.3 is 0 Å². The number of anilines is 1. The van der Waals surface area contributed by atoms with E-state index in [0.717, 1.165) is 16.3 Å². The fourth-order valence-corrected chi connectivity index (χ4v) is 3.52. The van der Waals surface area contributed by atoms with Crippen molar-refractivity contribution in [2.75, 3.05) is 17.2 Å². The van der Waals surface area contributed by atoms with Gasteiger partial charge in [0.2, 0.25) is 5.88 Å². The van der Waals surface area contributed by atoms with E-state index in [1.807, 2.05) is 32.0 Å². The molecular weight excluding hydrogens is 332 g/mol. The van der Waals surface area contributed by atoms with Crippen molar-refractivity contribution < 1.29 is 9.53 Å². The summed E-state index contributed by atoms with van der Waals surface area (Å²) in [6, 6.07) is 9.12. The quantitative estimate of drug-likeness (QED) is 0.830. The molecule has 2 heterocycles. The molecule has 0 aliphatic carbocycles. The minimum Gasteiger partial charge on any atom is -0.475 e. The number of aromatic nitrogens is 1. The highest BCUT2D eigenvalue weighted by Gasteiger charge is 2.24. The molecule has 1 amide bonds. The number of hydrogen-bond donors (Lipinski definition) is 0. The Bertz CT molecular complexity index is 719. The molecule has 0 fully saturated rings. The third-order valence-corrected chi connectivity index (χ3v) is 4.65. The van der Waals surface area contributed by atoms with Crippen molar-refractivity contribution in [1.29, 1.82) is 0 Å². The maximum absolute atomic E-state index is 12.8. The number of fused-ring (bicyclic) bond motifs is 1. The summed E-state index contributed by atoms with van der Waals surface area (Å²) in [7, 11) is 0. The summed E-state index contributed by atoms with van der Waals surface area (Å²) in [4.78, 5) is 19.8. The number of hydrogen-bond acceptors (Lipinski definition) is 4. The van der Waals surface area contributed by atoms with Gasteiger partial charge in [0, 0.05) is 34.5 Å². The second-order valence-corrected chi connectivity index (χ2v) is 7.04. The van der Waals surface area contributed by atoms with Crippen LogP contribution in [0.15, 0.2) is 41.4 Å². The van der Waals surface area contributed by atoms with Crippen molar-refractivity contribution in [3.63, 3.8) is 0 Å². The molecule has 1 aliphatic rings. The molecule has 4 nitrogen and oxygen atoms in total. The Kier molecular flexibility index (Phi) is 4.78. The van der Waals surface area contributed by atoms with Crippen molar-refractivity contribution in [3.05, 3.63) is 47.1 Å². The zero-order chi connectivity index (χ0) is 16.4. The van der Waals surface area contributed by atoms with Crippen LogP contribution in [0.1, 0.15) is 24.2 Å².